The fourth-order valence-electron chi connectivity index (χ4n) is 2.16. The molecule has 0 aliphatic heterocycles. The molecule has 1 aromatic carbocycles. The smallest absolute Gasteiger partial charge is 0.214 e. The highest BCUT2D eigenvalue weighted by molar-refractivity contribution is 8.80. The molecule has 0 amide bonds. The SMILES string of the molecule is Cc1ccc(S(=O)(=O)[SH](C)c2cnn3ccccc23)cc1. The quantitative estimate of drug-likeness (QED) is 0.596. The predicted molar refractivity (Wildman–Crippen MR) is 86.7 cm³/mol. The van der Waals surface area contributed by atoms with Crippen LogP contribution in [0.2, 0.25) is 0 Å². The molecule has 4 nitrogen and oxygen atoms in total. The number of hydrogen-bond acceptors (Lipinski definition) is 3. The maximum absolute atomic E-state index is 12.8. The summed E-state index contributed by atoms with van der Waals surface area (Å²) in [5.41, 5.74) is 1.90. The molecule has 0 saturated carbocycles. The first-order valence-electron chi connectivity index (χ1n) is 6.48. The number of fused-ring (bicyclic) bond motifs is 1. The normalized spacial score (nSPS) is 14.3. The lowest BCUT2D eigenvalue weighted by Gasteiger charge is -2.16. The molecule has 2 heterocycles. The Hall–Kier alpha value is -1.79. The minimum absolute atomic E-state index is 0.372. The van der Waals surface area contributed by atoms with E-state index in [-0.39, 0.29) is 0 Å². The number of pyridine rings is 1. The van der Waals surface area contributed by atoms with E-state index in [2.05, 4.69) is 5.10 Å². The summed E-state index contributed by atoms with van der Waals surface area (Å²) in [6.45, 7) is 1.94. The monoisotopic (exact) mass is 320 g/mol. The van der Waals surface area contributed by atoms with Crippen molar-refractivity contribution >= 4 is 24.3 Å². The summed E-state index contributed by atoms with van der Waals surface area (Å²) >= 11 is 0. The molecule has 2 aromatic heterocycles. The van der Waals surface area contributed by atoms with Crippen LogP contribution in [0.4, 0.5) is 0 Å². The number of aromatic nitrogens is 2. The topological polar surface area (TPSA) is 51.4 Å². The summed E-state index contributed by atoms with van der Waals surface area (Å²) in [5.74, 6) is 0. The molecule has 21 heavy (non-hydrogen) atoms. The third-order valence-electron chi connectivity index (χ3n) is 3.42. The lowest BCUT2D eigenvalue weighted by molar-refractivity contribution is 0.610. The lowest BCUT2D eigenvalue weighted by atomic mass is 10.2. The van der Waals surface area contributed by atoms with Crippen molar-refractivity contribution < 1.29 is 8.42 Å². The van der Waals surface area contributed by atoms with Crippen LogP contribution in [0.15, 0.2) is 64.6 Å². The van der Waals surface area contributed by atoms with Crippen molar-refractivity contribution in [2.24, 2.45) is 0 Å². The van der Waals surface area contributed by atoms with Gasteiger partial charge >= 0.3 is 0 Å². The van der Waals surface area contributed by atoms with Gasteiger partial charge in [-0.05, 0) is 37.4 Å². The van der Waals surface area contributed by atoms with Gasteiger partial charge in [-0.25, -0.2) is 12.9 Å². The van der Waals surface area contributed by atoms with Gasteiger partial charge in [0.15, 0.2) is 0 Å². The van der Waals surface area contributed by atoms with Gasteiger partial charge in [-0.3, -0.25) is 0 Å². The fraction of sp³-hybridized carbons (Fsp3) is 0.133. The largest absolute Gasteiger partial charge is 0.240 e. The lowest BCUT2D eigenvalue weighted by Crippen LogP contribution is -2.01. The van der Waals surface area contributed by atoms with Gasteiger partial charge in [-0.1, -0.05) is 23.8 Å². The molecule has 0 bridgehead atoms. The van der Waals surface area contributed by atoms with Gasteiger partial charge in [-0.15, -0.1) is 9.93 Å². The second-order valence-corrected chi connectivity index (χ2v) is 10.8. The number of nitrogens with zero attached hydrogens (tertiary/aromatic N) is 2. The first-order valence-corrected chi connectivity index (χ1v) is 10.4. The van der Waals surface area contributed by atoms with Crippen LogP contribution in [-0.4, -0.2) is 24.3 Å². The molecule has 0 fully saturated rings. The van der Waals surface area contributed by atoms with Crippen LogP contribution in [0.25, 0.3) is 5.52 Å². The summed E-state index contributed by atoms with van der Waals surface area (Å²) in [5, 5.41) is 4.23. The zero-order chi connectivity index (χ0) is 15.0. The molecule has 1 atom stereocenters. The van der Waals surface area contributed by atoms with E-state index in [9.17, 15) is 8.42 Å². The van der Waals surface area contributed by atoms with Crippen molar-refractivity contribution in [3.8, 4) is 0 Å². The van der Waals surface area contributed by atoms with Crippen molar-refractivity contribution in [3.63, 3.8) is 0 Å². The van der Waals surface area contributed by atoms with Crippen LogP contribution in [0.3, 0.4) is 0 Å². The van der Waals surface area contributed by atoms with Gasteiger partial charge in [0.25, 0.3) is 0 Å². The Labute approximate surface area is 126 Å². The molecular weight excluding hydrogens is 304 g/mol. The highest BCUT2D eigenvalue weighted by Gasteiger charge is 2.23. The highest BCUT2D eigenvalue weighted by Crippen LogP contribution is 2.44. The Kier molecular flexibility index (Phi) is 3.51. The van der Waals surface area contributed by atoms with Crippen LogP contribution in [0.5, 0.6) is 0 Å². The van der Waals surface area contributed by atoms with E-state index in [0.29, 0.717) is 4.90 Å². The second kappa shape index (κ2) is 5.20. The molecule has 3 rings (SSSR count). The molecule has 0 N–H and O–H groups in total. The Morgan fingerprint density at radius 2 is 1.81 bits per heavy atom. The Balaban J connectivity index is 2.08. The van der Waals surface area contributed by atoms with Gasteiger partial charge in [0.2, 0.25) is 8.87 Å². The van der Waals surface area contributed by atoms with Crippen molar-refractivity contribution in [2.45, 2.75) is 16.7 Å². The maximum Gasteiger partial charge on any atom is 0.214 e. The van der Waals surface area contributed by atoms with Crippen LogP contribution in [0.1, 0.15) is 5.56 Å². The Morgan fingerprint density at radius 3 is 2.52 bits per heavy atom. The van der Waals surface area contributed by atoms with Gasteiger partial charge < -0.3 is 0 Å². The van der Waals surface area contributed by atoms with Gasteiger partial charge in [0.05, 0.1) is 16.6 Å². The van der Waals surface area contributed by atoms with Crippen LogP contribution in [0, 0.1) is 6.92 Å². The molecule has 3 aromatic rings. The molecule has 0 aliphatic rings. The second-order valence-electron chi connectivity index (χ2n) is 4.85. The van der Waals surface area contributed by atoms with Crippen LogP contribution < -0.4 is 0 Å². The summed E-state index contributed by atoms with van der Waals surface area (Å²) in [7, 11) is -4.74. The fourth-order valence-corrected chi connectivity index (χ4v) is 6.44. The average Bonchev–Trinajstić information content (AvgIpc) is 2.90. The number of aryl methyl sites for hydroxylation is 1. The molecule has 0 spiro atoms. The van der Waals surface area contributed by atoms with E-state index in [1.807, 2.05) is 43.5 Å². The van der Waals surface area contributed by atoms with E-state index in [1.165, 1.54) is 0 Å². The van der Waals surface area contributed by atoms with Gasteiger partial charge in [0.1, 0.15) is 0 Å². The Bertz CT molecular complexity index is 883. The van der Waals surface area contributed by atoms with Crippen molar-refractivity contribution in [1.29, 1.82) is 0 Å². The third-order valence-corrected chi connectivity index (χ3v) is 9.42. The van der Waals surface area contributed by atoms with Crippen molar-refractivity contribution in [2.75, 3.05) is 6.26 Å². The number of rotatable bonds is 3. The number of thiol groups is 1. The van der Waals surface area contributed by atoms with E-state index >= 15 is 0 Å². The van der Waals surface area contributed by atoms with Gasteiger partial charge in [-0.2, -0.15) is 5.10 Å². The zero-order valence-electron chi connectivity index (χ0n) is 11.8. The van der Waals surface area contributed by atoms with E-state index in [4.69, 9.17) is 0 Å². The van der Waals surface area contributed by atoms with Crippen LogP contribution in [-0.2, 0) is 8.87 Å². The summed E-state index contributed by atoms with van der Waals surface area (Å²) < 4.78 is 27.3. The maximum atomic E-state index is 12.8. The predicted octanol–water partition coefficient (Wildman–Crippen LogP) is 3.02. The Morgan fingerprint density at radius 1 is 1.10 bits per heavy atom. The van der Waals surface area contributed by atoms with E-state index < -0.39 is 18.8 Å². The van der Waals surface area contributed by atoms with Crippen molar-refractivity contribution in [1.82, 2.24) is 9.61 Å². The zero-order valence-corrected chi connectivity index (χ0v) is 13.5. The summed E-state index contributed by atoms with van der Waals surface area (Å²) in [4.78, 5) is 1.16. The van der Waals surface area contributed by atoms with E-state index in [0.717, 1.165) is 16.0 Å². The average molecular weight is 320 g/mol. The minimum Gasteiger partial charge on any atom is -0.240 e. The molecular formula is C15H16N2O2S2. The number of benzene rings is 1. The van der Waals surface area contributed by atoms with Crippen molar-refractivity contribution in [3.05, 3.63) is 60.4 Å². The third kappa shape index (κ3) is 2.45. The summed E-state index contributed by atoms with van der Waals surface area (Å²) in [6, 6.07) is 12.7. The van der Waals surface area contributed by atoms with E-state index in [1.54, 1.807) is 29.1 Å². The first-order chi connectivity index (χ1) is 10.00. The number of hydrogen-bond donors (Lipinski definition) is 1. The first kappa shape index (κ1) is 14.2. The molecule has 0 radical (unpaired) electrons. The van der Waals surface area contributed by atoms with Crippen LogP contribution >= 0.6 is 9.93 Å². The summed E-state index contributed by atoms with van der Waals surface area (Å²) in [6.07, 6.45) is 5.25. The molecule has 110 valence electrons. The highest BCUT2D eigenvalue weighted by atomic mass is 33.2. The minimum atomic E-state index is -3.36. The molecule has 6 heteroatoms. The molecule has 0 saturated heterocycles. The standard InChI is InChI=1S/C15H16N2O2S2/c1-12-6-8-13(9-7-12)21(18,19)20(2)15-11-16-17-10-4-3-5-14(15)17/h3-11,20H,1-2H3. The molecule has 0 aliphatic carbocycles. The molecule has 1 unspecified atom stereocenters. The van der Waals surface area contributed by atoms with Gasteiger partial charge in [0, 0.05) is 11.1 Å².